The van der Waals surface area contributed by atoms with Gasteiger partial charge >= 0.3 is 5.97 Å². The van der Waals surface area contributed by atoms with Crippen LogP contribution in [0.15, 0.2) is 24.3 Å². The molecule has 1 aromatic rings. The highest BCUT2D eigenvalue weighted by molar-refractivity contribution is 5.79. The van der Waals surface area contributed by atoms with Gasteiger partial charge < -0.3 is 9.84 Å². The van der Waals surface area contributed by atoms with Gasteiger partial charge in [-0.15, -0.1) is 0 Å². The number of hydrogen-bond donors (Lipinski definition) is 1. The minimum atomic E-state index is -0.414. The highest BCUT2D eigenvalue weighted by atomic mass is 16.7. The topological polar surface area (TPSA) is 59.0 Å². The van der Waals surface area contributed by atoms with Gasteiger partial charge in [0.2, 0.25) is 0 Å². The molecule has 0 spiro atoms. The standard InChI is InChI=1S/C16H21NO4/c1-3-11-5-4-6-12(7-11)8-17-15-14(13(9-18)21-17)10(2)20-16(15)19/h4-7,10,13-15,18H,3,8-9H2,1-2H3/t10-,13?,14?,15-/m0/s1. The average Bonchev–Trinajstić information content (AvgIpc) is 2.99. The third kappa shape index (κ3) is 2.57. The van der Waals surface area contributed by atoms with Crippen molar-refractivity contribution in [3.63, 3.8) is 0 Å². The summed E-state index contributed by atoms with van der Waals surface area (Å²) in [5, 5.41) is 11.1. The normalized spacial score (nSPS) is 32.2. The minimum Gasteiger partial charge on any atom is -0.461 e. The molecule has 0 aromatic heterocycles. The molecule has 21 heavy (non-hydrogen) atoms. The van der Waals surface area contributed by atoms with E-state index in [9.17, 15) is 9.90 Å². The molecule has 0 radical (unpaired) electrons. The van der Waals surface area contributed by atoms with Crippen LogP contribution in [0.5, 0.6) is 0 Å². The first kappa shape index (κ1) is 14.5. The monoisotopic (exact) mass is 291 g/mol. The summed E-state index contributed by atoms with van der Waals surface area (Å²) in [5.41, 5.74) is 2.35. The number of fused-ring (bicyclic) bond motifs is 1. The molecule has 0 saturated carbocycles. The van der Waals surface area contributed by atoms with Crippen LogP contribution in [0.3, 0.4) is 0 Å². The summed E-state index contributed by atoms with van der Waals surface area (Å²) >= 11 is 0. The van der Waals surface area contributed by atoms with Crippen molar-refractivity contribution in [1.29, 1.82) is 0 Å². The fourth-order valence-electron chi connectivity index (χ4n) is 3.29. The maximum Gasteiger partial charge on any atom is 0.326 e. The molecular formula is C16H21NO4. The number of hydrogen-bond acceptors (Lipinski definition) is 5. The number of hydroxylamine groups is 2. The Morgan fingerprint density at radius 3 is 2.81 bits per heavy atom. The van der Waals surface area contributed by atoms with Gasteiger partial charge in [0.05, 0.1) is 19.1 Å². The first-order valence-electron chi connectivity index (χ1n) is 7.46. The van der Waals surface area contributed by atoms with Gasteiger partial charge in [0.1, 0.15) is 18.2 Å². The molecule has 2 saturated heterocycles. The van der Waals surface area contributed by atoms with Crippen molar-refractivity contribution in [2.24, 2.45) is 5.92 Å². The van der Waals surface area contributed by atoms with Gasteiger partial charge in [-0.2, -0.15) is 5.06 Å². The molecule has 1 N–H and O–H groups in total. The summed E-state index contributed by atoms with van der Waals surface area (Å²) in [6.45, 7) is 4.38. The van der Waals surface area contributed by atoms with Crippen LogP contribution in [0.2, 0.25) is 0 Å². The van der Waals surface area contributed by atoms with Crippen molar-refractivity contribution in [2.75, 3.05) is 6.61 Å². The molecular weight excluding hydrogens is 270 g/mol. The molecule has 2 aliphatic heterocycles. The number of aliphatic hydroxyl groups is 1. The lowest BCUT2D eigenvalue weighted by Crippen LogP contribution is -2.35. The molecule has 0 aliphatic carbocycles. The molecule has 1 aromatic carbocycles. The van der Waals surface area contributed by atoms with Crippen molar-refractivity contribution in [2.45, 2.75) is 45.1 Å². The van der Waals surface area contributed by atoms with Crippen molar-refractivity contribution in [3.8, 4) is 0 Å². The van der Waals surface area contributed by atoms with E-state index in [1.807, 2.05) is 19.1 Å². The predicted octanol–water partition coefficient (Wildman–Crippen LogP) is 1.29. The first-order chi connectivity index (χ1) is 10.1. The fourth-order valence-corrected chi connectivity index (χ4v) is 3.29. The van der Waals surface area contributed by atoms with Crippen LogP contribution in [-0.4, -0.2) is 41.0 Å². The third-order valence-electron chi connectivity index (χ3n) is 4.38. The molecule has 2 unspecified atom stereocenters. The lowest BCUT2D eigenvalue weighted by Gasteiger charge is -2.20. The van der Waals surface area contributed by atoms with Crippen LogP contribution in [0.4, 0.5) is 0 Å². The minimum absolute atomic E-state index is 0.100. The molecule has 4 atom stereocenters. The van der Waals surface area contributed by atoms with E-state index in [4.69, 9.17) is 9.57 Å². The van der Waals surface area contributed by atoms with Crippen molar-refractivity contribution >= 4 is 5.97 Å². The van der Waals surface area contributed by atoms with Crippen LogP contribution in [-0.2, 0) is 27.3 Å². The Kier molecular flexibility index (Phi) is 3.97. The van der Waals surface area contributed by atoms with Crippen LogP contribution in [0.25, 0.3) is 0 Å². The van der Waals surface area contributed by atoms with E-state index in [0.717, 1.165) is 12.0 Å². The molecule has 2 aliphatic rings. The number of cyclic esters (lactones) is 1. The van der Waals surface area contributed by atoms with Gasteiger partial charge in [-0.05, 0) is 24.5 Å². The summed E-state index contributed by atoms with van der Waals surface area (Å²) < 4.78 is 5.30. The lowest BCUT2D eigenvalue weighted by atomic mass is 9.93. The van der Waals surface area contributed by atoms with Crippen LogP contribution in [0, 0.1) is 5.92 Å². The number of ether oxygens (including phenoxy) is 1. The van der Waals surface area contributed by atoms with Gasteiger partial charge in [0, 0.05) is 0 Å². The summed E-state index contributed by atoms with van der Waals surface area (Å²) in [5.74, 6) is -0.355. The maximum atomic E-state index is 12.0. The molecule has 0 amide bonds. The van der Waals surface area contributed by atoms with Crippen molar-refractivity contribution in [3.05, 3.63) is 35.4 Å². The van der Waals surface area contributed by atoms with Gasteiger partial charge in [0.25, 0.3) is 0 Å². The third-order valence-corrected chi connectivity index (χ3v) is 4.38. The van der Waals surface area contributed by atoms with Crippen LogP contribution >= 0.6 is 0 Å². The number of nitrogens with zero attached hydrogens (tertiary/aromatic N) is 1. The predicted molar refractivity (Wildman–Crippen MR) is 76.2 cm³/mol. The lowest BCUT2D eigenvalue weighted by molar-refractivity contribution is -0.195. The Hall–Kier alpha value is -1.43. The van der Waals surface area contributed by atoms with E-state index in [1.54, 1.807) is 5.06 Å². The Morgan fingerprint density at radius 1 is 1.33 bits per heavy atom. The van der Waals surface area contributed by atoms with E-state index in [2.05, 4.69) is 19.1 Å². The maximum absolute atomic E-state index is 12.0. The average molecular weight is 291 g/mol. The van der Waals surface area contributed by atoms with E-state index >= 15 is 0 Å². The Bertz CT molecular complexity index is 533. The SMILES string of the molecule is CCc1cccc(CN2OC(CO)C3[C@H](C)OC(=O)[C@H]32)c1. The first-order valence-corrected chi connectivity index (χ1v) is 7.46. The van der Waals surface area contributed by atoms with Crippen molar-refractivity contribution in [1.82, 2.24) is 5.06 Å². The van der Waals surface area contributed by atoms with Crippen molar-refractivity contribution < 1.29 is 19.5 Å². The Labute approximate surface area is 124 Å². The number of esters is 1. The summed E-state index contributed by atoms with van der Waals surface area (Å²) in [6, 6.07) is 7.82. The largest absolute Gasteiger partial charge is 0.461 e. The fraction of sp³-hybridized carbons (Fsp3) is 0.562. The summed E-state index contributed by atoms with van der Waals surface area (Å²) in [4.78, 5) is 17.8. The van der Waals surface area contributed by atoms with E-state index in [-0.39, 0.29) is 30.7 Å². The van der Waals surface area contributed by atoms with E-state index < -0.39 is 6.04 Å². The second-order valence-corrected chi connectivity index (χ2v) is 5.74. The highest BCUT2D eigenvalue weighted by Gasteiger charge is 2.55. The zero-order valence-corrected chi connectivity index (χ0v) is 12.4. The number of carbonyl (C=O) groups is 1. The highest BCUT2D eigenvalue weighted by Crippen LogP contribution is 2.38. The summed E-state index contributed by atoms with van der Waals surface area (Å²) in [7, 11) is 0. The summed E-state index contributed by atoms with van der Waals surface area (Å²) in [6.07, 6.45) is 0.386. The second kappa shape index (κ2) is 5.75. The molecule has 2 fully saturated rings. The number of benzene rings is 1. The molecule has 5 nitrogen and oxygen atoms in total. The Balaban J connectivity index is 1.80. The van der Waals surface area contributed by atoms with Gasteiger partial charge in [-0.1, -0.05) is 31.2 Å². The van der Waals surface area contributed by atoms with Gasteiger partial charge in [-0.25, -0.2) is 0 Å². The van der Waals surface area contributed by atoms with E-state index in [0.29, 0.717) is 6.54 Å². The van der Waals surface area contributed by atoms with Crippen LogP contribution < -0.4 is 0 Å². The zero-order valence-electron chi connectivity index (χ0n) is 12.4. The zero-order chi connectivity index (χ0) is 15.0. The molecule has 2 heterocycles. The molecule has 3 rings (SSSR count). The smallest absolute Gasteiger partial charge is 0.326 e. The van der Waals surface area contributed by atoms with E-state index in [1.165, 1.54) is 5.56 Å². The second-order valence-electron chi connectivity index (χ2n) is 5.74. The number of aryl methyl sites for hydroxylation is 1. The quantitative estimate of drug-likeness (QED) is 0.847. The number of carbonyl (C=O) groups excluding carboxylic acids is 1. The Morgan fingerprint density at radius 2 is 2.10 bits per heavy atom. The number of rotatable bonds is 4. The molecule has 114 valence electrons. The van der Waals surface area contributed by atoms with Gasteiger partial charge in [-0.3, -0.25) is 9.63 Å². The molecule has 0 bridgehead atoms. The van der Waals surface area contributed by atoms with Crippen LogP contribution in [0.1, 0.15) is 25.0 Å². The molecule has 5 heteroatoms. The van der Waals surface area contributed by atoms with Gasteiger partial charge in [0.15, 0.2) is 0 Å². The number of aliphatic hydroxyl groups excluding tert-OH is 1.